The molecule has 11 heteroatoms. The van der Waals surface area contributed by atoms with E-state index in [2.05, 4.69) is 32.8 Å². The van der Waals surface area contributed by atoms with Crippen LogP contribution in [-0.2, 0) is 9.53 Å². The lowest BCUT2D eigenvalue weighted by atomic mass is 10.2. The van der Waals surface area contributed by atoms with E-state index in [0.717, 1.165) is 0 Å². The molecule has 0 aromatic carbocycles. The van der Waals surface area contributed by atoms with Crippen LogP contribution in [0.5, 0.6) is 0 Å². The number of hydrogen-bond acceptors (Lipinski definition) is 7. The molecule has 0 unspecified atom stereocenters. The summed E-state index contributed by atoms with van der Waals surface area (Å²) in [6, 6.07) is 2.98. The van der Waals surface area contributed by atoms with E-state index in [1.54, 1.807) is 42.9 Å². The second kappa shape index (κ2) is 8.34. The Balaban J connectivity index is 1.62. The van der Waals surface area contributed by atoms with Crippen LogP contribution in [0.3, 0.4) is 0 Å². The zero-order chi connectivity index (χ0) is 22.1. The lowest BCUT2D eigenvalue weighted by Crippen LogP contribution is -2.43. The van der Waals surface area contributed by atoms with Crippen molar-refractivity contribution in [3.63, 3.8) is 0 Å². The van der Waals surface area contributed by atoms with Gasteiger partial charge in [0.15, 0.2) is 5.84 Å². The fourth-order valence-electron chi connectivity index (χ4n) is 3.26. The van der Waals surface area contributed by atoms with E-state index in [4.69, 9.17) is 4.74 Å². The highest BCUT2D eigenvalue weighted by Gasteiger charge is 2.39. The number of hydrazone groups is 1. The summed E-state index contributed by atoms with van der Waals surface area (Å²) < 4.78 is 20.0. The van der Waals surface area contributed by atoms with Crippen LogP contribution >= 0.6 is 0 Å². The molecule has 1 saturated heterocycles. The van der Waals surface area contributed by atoms with E-state index in [1.807, 2.05) is 0 Å². The van der Waals surface area contributed by atoms with Gasteiger partial charge in [-0.2, -0.15) is 10.1 Å². The third-order valence-corrected chi connectivity index (χ3v) is 5.31. The van der Waals surface area contributed by atoms with Crippen molar-refractivity contribution in [3.8, 4) is 0 Å². The number of aliphatic imine (C=N–C) groups is 1. The van der Waals surface area contributed by atoms with Crippen molar-refractivity contribution in [3.05, 3.63) is 52.0 Å². The fraction of sp³-hybridized carbons (Fsp3) is 0.400. The minimum Gasteiger partial charge on any atom is -0.377 e. The van der Waals surface area contributed by atoms with Crippen molar-refractivity contribution in [2.75, 3.05) is 25.6 Å². The van der Waals surface area contributed by atoms with E-state index < -0.39 is 18.1 Å². The molecule has 0 bridgehead atoms. The summed E-state index contributed by atoms with van der Waals surface area (Å²) in [7, 11) is 1.57. The molecule has 164 valence electrons. The van der Waals surface area contributed by atoms with E-state index in [9.17, 15) is 14.0 Å². The fourth-order valence-corrected chi connectivity index (χ4v) is 3.26. The van der Waals surface area contributed by atoms with Gasteiger partial charge in [0, 0.05) is 32.5 Å². The topological polar surface area (TPSA) is 112 Å². The largest absolute Gasteiger partial charge is 0.377 e. The van der Waals surface area contributed by atoms with Gasteiger partial charge < -0.3 is 25.3 Å². The number of nitrogens with one attached hydrogen (secondary N) is 3. The third-order valence-electron chi connectivity index (χ3n) is 5.31. The monoisotopic (exact) mass is 429 g/mol. The number of hydrogen-bond donors (Lipinski definition) is 3. The van der Waals surface area contributed by atoms with Crippen LogP contribution in [0.1, 0.15) is 19.4 Å². The molecule has 2 aliphatic heterocycles. The van der Waals surface area contributed by atoms with Gasteiger partial charge >= 0.3 is 0 Å². The van der Waals surface area contributed by atoms with Crippen LogP contribution in [0.4, 0.5) is 10.1 Å². The Morgan fingerprint density at radius 3 is 2.74 bits per heavy atom. The van der Waals surface area contributed by atoms with E-state index in [1.165, 1.54) is 5.01 Å². The van der Waals surface area contributed by atoms with Crippen LogP contribution < -0.4 is 21.5 Å². The van der Waals surface area contributed by atoms with Gasteiger partial charge in [0.05, 0.1) is 30.9 Å². The molecule has 3 aliphatic rings. The number of alkyl halides is 1. The summed E-state index contributed by atoms with van der Waals surface area (Å²) in [6.07, 6.45) is 2.67. The van der Waals surface area contributed by atoms with Crippen molar-refractivity contribution in [2.45, 2.75) is 31.6 Å². The van der Waals surface area contributed by atoms with Crippen LogP contribution in [0.15, 0.2) is 56.5 Å². The number of nitrogens with zero attached hydrogens (tertiary/aromatic N) is 4. The zero-order valence-electron chi connectivity index (χ0n) is 17.3. The Hall–Kier alpha value is -3.47. The summed E-state index contributed by atoms with van der Waals surface area (Å²) in [5, 5.41) is 14.1. The second-order valence-electron chi connectivity index (χ2n) is 7.47. The van der Waals surface area contributed by atoms with E-state index >= 15 is 0 Å². The van der Waals surface area contributed by atoms with Crippen molar-refractivity contribution >= 4 is 24.1 Å². The first-order valence-electron chi connectivity index (χ1n) is 9.87. The number of rotatable bonds is 6. The lowest BCUT2D eigenvalue weighted by molar-refractivity contribution is -0.117. The average Bonchev–Trinajstić information content (AvgIpc) is 3.42. The molecular formula is C20H24FN7O3. The van der Waals surface area contributed by atoms with E-state index in [0.29, 0.717) is 42.8 Å². The number of pyridine rings is 1. The minimum atomic E-state index is -1.01. The smallest absolute Gasteiger partial charge is 0.274 e. The number of ether oxygens (including phenoxy) is 1. The van der Waals surface area contributed by atoms with Crippen LogP contribution in [0.2, 0.25) is 0 Å². The maximum atomic E-state index is 13.2. The van der Waals surface area contributed by atoms with E-state index in [-0.39, 0.29) is 17.2 Å². The molecule has 0 spiro atoms. The maximum Gasteiger partial charge on any atom is 0.274 e. The standard InChI is InChI=1S/C20H24FN7O3/c1-11(19(29)25-15-7-13(15)21)18-26-16(8-17(22-2)28(18)23-3)24-14-5-4-6-27(20(14)30)12-9-31-10-12/h4-6,8,12-13,15,24,26H,3,7,9-10H2,1-2H3,(H,25,29)/b18-11+,22-17?/t13-,15+/m0/s1. The van der Waals surface area contributed by atoms with Gasteiger partial charge in [-0.05, 0) is 19.1 Å². The van der Waals surface area contributed by atoms with Crippen LogP contribution in [0, 0.1) is 0 Å². The van der Waals surface area contributed by atoms with Gasteiger partial charge in [-0.1, -0.05) is 0 Å². The first-order valence-corrected chi connectivity index (χ1v) is 9.87. The first-order chi connectivity index (χ1) is 14.9. The summed E-state index contributed by atoms with van der Waals surface area (Å²) in [6.45, 7) is 6.13. The highest BCUT2D eigenvalue weighted by Crippen LogP contribution is 2.26. The summed E-state index contributed by atoms with van der Waals surface area (Å²) in [5.41, 5.74) is 0.431. The van der Waals surface area contributed by atoms with Crippen LogP contribution in [-0.4, -0.2) is 60.5 Å². The number of amides is 1. The molecule has 2 fully saturated rings. The Kier molecular flexibility index (Phi) is 5.59. The van der Waals surface area contributed by atoms with Crippen molar-refractivity contribution in [2.24, 2.45) is 10.1 Å². The van der Waals surface area contributed by atoms with Gasteiger partial charge in [0.1, 0.15) is 23.5 Å². The van der Waals surface area contributed by atoms with Crippen molar-refractivity contribution < 1.29 is 13.9 Å². The minimum absolute atomic E-state index is 0.0129. The van der Waals surface area contributed by atoms with Crippen molar-refractivity contribution in [1.29, 1.82) is 0 Å². The molecule has 1 aliphatic carbocycles. The first kappa shape index (κ1) is 20.8. The Morgan fingerprint density at radius 2 is 2.16 bits per heavy atom. The maximum absolute atomic E-state index is 13.2. The van der Waals surface area contributed by atoms with Gasteiger partial charge in [-0.25, -0.2) is 4.39 Å². The predicted octanol–water partition coefficient (Wildman–Crippen LogP) is 0.680. The molecule has 4 rings (SSSR count). The Labute approximate surface area is 178 Å². The molecule has 1 amide bonds. The molecular weight excluding hydrogens is 405 g/mol. The normalized spacial score (nSPS) is 25.8. The summed E-state index contributed by atoms with van der Waals surface area (Å²) in [4.78, 5) is 29.6. The SMILES string of the molecule is C=NN1C(=NC)C=C(Nc2cccn(C3COC3)c2=O)N/C1=C(/C)C(=O)N[C@@H]1C[C@@H]1F. The van der Waals surface area contributed by atoms with Gasteiger partial charge in [0.2, 0.25) is 0 Å². The number of aromatic nitrogens is 1. The Bertz CT molecular complexity index is 1060. The number of carbonyl (C=O) groups excluding carboxylic acids is 1. The molecule has 3 heterocycles. The van der Waals surface area contributed by atoms with Crippen LogP contribution in [0.25, 0.3) is 0 Å². The number of amidine groups is 1. The molecule has 1 saturated carbocycles. The number of carbonyl (C=O) groups is 1. The lowest BCUT2D eigenvalue weighted by Gasteiger charge is -2.31. The molecule has 3 N–H and O–H groups in total. The second-order valence-corrected chi connectivity index (χ2v) is 7.47. The molecule has 0 radical (unpaired) electrons. The van der Waals surface area contributed by atoms with Gasteiger partial charge in [0.25, 0.3) is 11.5 Å². The molecule has 1 aromatic rings. The predicted molar refractivity (Wildman–Crippen MR) is 114 cm³/mol. The third kappa shape index (κ3) is 4.08. The highest BCUT2D eigenvalue weighted by atomic mass is 19.1. The quantitative estimate of drug-likeness (QED) is 0.453. The zero-order valence-corrected chi connectivity index (χ0v) is 17.3. The number of halogens is 1. The highest BCUT2D eigenvalue weighted by molar-refractivity contribution is 5.99. The molecule has 31 heavy (non-hydrogen) atoms. The molecule has 10 nitrogen and oxygen atoms in total. The summed E-state index contributed by atoms with van der Waals surface area (Å²) in [5.74, 6) is 0.705. The van der Waals surface area contributed by atoms with Gasteiger partial charge in [-0.15, -0.1) is 0 Å². The number of anilines is 1. The average molecular weight is 429 g/mol. The van der Waals surface area contributed by atoms with Gasteiger partial charge in [-0.3, -0.25) is 14.6 Å². The summed E-state index contributed by atoms with van der Waals surface area (Å²) >= 11 is 0. The van der Waals surface area contributed by atoms with Crippen molar-refractivity contribution in [1.82, 2.24) is 20.2 Å². The molecule has 1 aromatic heterocycles. The molecule has 2 atom stereocenters. The Morgan fingerprint density at radius 1 is 1.42 bits per heavy atom.